The molecule has 0 atom stereocenters. The molecule has 0 saturated carbocycles. The van der Waals surface area contributed by atoms with E-state index in [9.17, 15) is 14.4 Å². The Balaban J connectivity index is 1.84. The Hall–Kier alpha value is -3.15. The molecule has 24 heavy (non-hydrogen) atoms. The topological polar surface area (TPSA) is 84.5 Å². The normalized spacial score (nSPS) is 9.92. The van der Waals surface area contributed by atoms with E-state index in [4.69, 9.17) is 4.74 Å². The third kappa shape index (κ3) is 5.24. The third-order valence-electron chi connectivity index (χ3n) is 3.12. The van der Waals surface area contributed by atoms with Crippen LogP contribution < -0.4 is 15.4 Å². The van der Waals surface area contributed by atoms with E-state index >= 15 is 0 Å². The number of ether oxygens (including phenoxy) is 1. The van der Waals surface area contributed by atoms with E-state index < -0.39 is 0 Å². The Kier molecular flexibility index (Phi) is 5.68. The van der Waals surface area contributed by atoms with E-state index in [1.54, 1.807) is 48.5 Å². The van der Waals surface area contributed by atoms with Gasteiger partial charge in [-0.1, -0.05) is 0 Å². The Morgan fingerprint density at radius 1 is 0.833 bits per heavy atom. The van der Waals surface area contributed by atoms with Gasteiger partial charge in [0.1, 0.15) is 5.75 Å². The van der Waals surface area contributed by atoms with Gasteiger partial charge in [0.2, 0.25) is 5.91 Å². The molecule has 0 radical (unpaired) electrons. The molecular weight excluding hydrogens is 308 g/mol. The number of hydrogen-bond donors (Lipinski definition) is 2. The number of anilines is 2. The van der Waals surface area contributed by atoms with Crippen molar-refractivity contribution in [2.45, 2.75) is 13.8 Å². The van der Waals surface area contributed by atoms with Crippen LogP contribution in [0.4, 0.5) is 11.4 Å². The number of Topliss-reactive ketones (excluding diaryl/α,β-unsaturated/α-hetero) is 1. The lowest BCUT2D eigenvalue weighted by molar-refractivity contribution is -0.118. The lowest BCUT2D eigenvalue weighted by atomic mass is 10.1. The lowest BCUT2D eigenvalue weighted by Crippen LogP contribution is -2.20. The van der Waals surface area contributed by atoms with E-state index in [0.717, 1.165) is 0 Å². The summed E-state index contributed by atoms with van der Waals surface area (Å²) in [6.07, 6.45) is 0. The fourth-order valence-electron chi connectivity index (χ4n) is 1.97. The molecule has 2 aromatic rings. The third-order valence-corrected chi connectivity index (χ3v) is 3.12. The molecule has 0 saturated heterocycles. The van der Waals surface area contributed by atoms with Crippen molar-refractivity contribution < 1.29 is 19.1 Å². The van der Waals surface area contributed by atoms with Crippen molar-refractivity contribution in [2.24, 2.45) is 0 Å². The highest BCUT2D eigenvalue weighted by Gasteiger charge is 2.05. The zero-order chi connectivity index (χ0) is 17.5. The van der Waals surface area contributed by atoms with Crippen molar-refractivity contribution in [3.05, 3.63) is 54.1 Å². The van der Waals surface area contributed by atoms with Crippen LogP contribution >= 0.6 is 0 Å². The lowest BCUT2D eigenvalue weighted by Gasteiger charge is -2.09. The minimum absolute atomic E-state index is 0.0259. The minimum atomic E-state index is -0.307. The predicted octanol–water partition coefficient (Wildman–Crippen LogP) is 2.87. The standard InChI is InChI=1S/C18H18N2O4/c1-12(21)14-3-9-17(10-4-14)24-11-18(23)20-16-7-5-15(6-8-16)19-13(2)22/h3-10H,11H2,1-2H3,(H,19,22)(H,20,23). The molecular formula is C18H18N2O4. The Labute approximate surface area is 139 Å². The van der Waals surface area contributed by atoms with Gasteiger partial charge in [0.15, 0.2) is 12.4 Å². The summed E-state index contributed by atoms with van der Waals surface area (Å²) < 4.78 is 5.37. The number of carbonyl (C=O) groups is 3. The zero-order valence-corrected chi connectivity index (χ0v) is 13.5. The second-order valence-electron chi connectivity index (χ2n) is 5.18. The Morgan fingerprint density at radius 3 is 1.88 bits per heavy atom. The van der Waals surface area contributed by atoms with Gasteiger partial charge in [-0.3, -0.25) is 14.4 Å². The van der Waals surface area contributed by atoms with Gasteiger partial charge >= 0.3 is 0 Å². The molecule has 0 aliphatic carbocycles. The molecule has 0 aliphatic heterocycles. The molecule has 0 bridgehead atoms. The van der Waals surface area contributed by atoms with Crippen molar-refractivity contribution in [2.75, 3.05) is 17.2 Å². The van der Waals surface area contributed by atoms with Crippen LogP contribution in [0, 0.1) is 0 Å². The highest BCUT2D eigenvalue weighted by Crippen LogP contribution is 2.15. The first-order valence-electron chi connectivity index (χ1n) is 7.35. The van der Waals surface area contributed by atoms with Gasteiger partial charge in [-0.15, -0.1) is 0 Å². The molecule has 2 amide bonds. The van der Waals surface area contributed by atoms with Crippen molar-refractivity contribution in [3.63, 3.8) is 0 Å². The smallest absolute Gasteiger partial charge is 0.262 e. The van der Waals surface area contributed by atoms with Crippen molar-refractivity contribution in [1.29, 1.82) is 0 Å². The van der Waals surface area contributed by atoms with E-state index in [2.05, 4.69) is 10.6 Å². The SMILES string of the molecule is CC(=O)Nc1ccc(NC(=O)COc2ccc(C(C)=O)cc2)cc1. The first kappa shape index (κ1) is 17.2. The number of carbonyl (C=O) groups excluding carboxylic acids is 3. The maximum absolute atomic E-state index is 11.9. The number of hydrogen-bond acceptors (Lipinski definition) is 4. The summed E-state index contributed by atoms with van der Waals surface area (Å²) in [6, 6.07) is 13.3. The van der Waals surface area contributed by atoms with Gasteiger partial charge in [0, 0.05) is 23.9 Å². The molecule has 124 valence electrons. The van der Waals surface area contributed by atoms with Crippen LogP contribution in [0.1, 0.15) is 24.2 Å². The van der Waals surface area contributed by atoms with E-state index in [1.807, 2.05) is 0 Å². The molecule has 2 rings (SSSR count). The van der Waals surface area contributed by atoms with Crippen LogP contribution in [0.2, 0.25) is 0 Å². The van der Waals surface area contributed by atoms with Gasteiger partial charge in [-0.2, -0.15) is 0 Å². The average Bonchev–Trinajstić information content (AvgIpc) is 2.54. The summed E-state index contributed by atoms with van der Waals surface area (Å²) in [5.41, 5.74) is 1.85. The Bertz CT molecular complexity index is 737. The van der Waals surface area contributed by atoms with Gasteiger partial charge < -0.3 is 15.4 Å². The summed E-state index contributed by atoms with van der Waals surface area (Å²) in [5, 5.41) is 5.34. The van der Waals surface area contributed by atoms with Crippen molar-refractivity contribution in [1.82, 2.24) is 0 Å². The first-order valence-corrected chi connectivity index (χ1v) is 7.35. The molecule has 0 spiro atoms. The van der Waals surface area contributed by atoms with Crippen LogP contribution in [-0.2, 0) is 9.59 Å². The van der Waals surface area contributed by atoms with Gasteiger partial charge in [0.05, 0.1) is 0 Å². The molecule has 2 N–H and O–H groups in total. The highest BCUT2D eigenvalue weighted by molar-refractivity contribution is 5.94. The molecule has 2 aromatic carbocycles. The number of ketones is 1. The number of rotatable bonds is 6. The molecule has 0 unspecified atom stereocenters. The molecule has 0 aliphatic rings. The maximum Gasteiger partial charge on any atom is 0.262 e. The highest BCUT2D eigenvalue weighted by atomic mass is 16.5. The van der Waals surface area contributed by atoms with Gasteiger partial charge in [0.25, 0.3) is 5.91 Å². The maximum atomic E-state index is 11.9. The van der Waals surface area contributed by atoms with Crippen LogP contribution in [0.25, 0.3) is 0 Å². The number of amides is 2. The number of benzene rings is 2. The average molecular weight is 326 g/mol. The second-order valence-corrected chi connectivity index (χ2v) is 5.18. The Morgan fingerprint density at radius 2 is 1.38 bits per heavy atom. The monoisotopic (exact) mass is 326 g/mol. The van der Waals surface area contributed by atoms with Crippen LogP contribution in [0.3, 0.4) is 0 Å². The predicted molar refractivity (Wildman–Crippen MR) is 91.3 cm³/mol. The molecule has 0 aromatic heterocycles. The fourth-order valence-corrected chi connectivity index (χ4v) is 1.97. The quantitative estimate of drug-likeness (QED) is 0.799. The van der Waals surface area contributed by atoms with Gasteiger partial charge in [-0.05, 0) is 55.5 Å². The van der Waals surface area contributed by atoms with Crippen molar-refractivity contribution in [3.8, 4) is 5.75 Å². The summed E-state index contributed by atoms with van der Waals surface area (Å²) in [5.74, 6) is 0.0204. The minimum Gasteiger partial charge on any atom is -0.484 e. The fraction of sp³-hybridized carbons (Fsp3) is 0.167. The summed E-state index contributed by atoms with van der Waals surface area (Å²) in [7, 11) is 0. The summed E-state index contributed by atoms with van der Waals surface area (Å²) in [4.78, 5) is 34.0. The molecule has 0 fully saturated rings. The largest absolute Gasteiger partial charge is 0.484 e. The zero-order valence-electron chi connectivity index (χ0n) is 13.5. The van der Waals surface area contributed by atoms with Crippen LogP contribution in [-0.4, -0.2) is 24.2 Å². The molecule has 6 heteroatoms. The summed E-state index contributed by atoms with van der Waals surface area (Å²) in [6.45, 7) is 2.77. The van der Waals surface area contributed by atoms with E-state index in [0.29, 0.717) is 22.7 Å². The van der Waals surface area contributed by atoms with Crippen LogP contribution in [0.15, 0.2) is 48.5 Å². The van der Waals surface area contributed by atoms with E-state index in [1.165, 1.54) is 13.8 Å². The second kappa shape index (κ2) is 7.92. The first-order chi connectivity index (χ1) is 11.4. The number of nitrogens with one attached hydrogen (secondary N) is 2. The molecule has 0 heterocycles. The van der Waals surface area contributed by atoms with Gasteiger partial charge in [-0.25, -0.2) is 0 Å². The summed E-state index contributed by atoms with van der Waals surface area (Å²) >= 11 is 0. The van der Waals surface area contributed by atoms with Crippen LogP contribution in [0.5, 0.6) is 5.75 Å². The van der Waals surface area contributed by atoms with E-state index in [-0.39, 0.29) is 24.2 Å². The van der Waals surface area contributed by atoms with Crippen molar-refractivity contribution >= 4 is 29.0 Å². The molecule has 6 nitrogen and oxygen atoms in total.